The second-order valence-electron chi connectivity index (χ2n) is 5.98. The minimum Gasteiger partial charge on any atom is -0.492 e. The van der Waals surface area contributed by atoms with E-state index in [2.05, 4.69) is 11.0 Å². The summed E-state index contributed by atoms with van der Waals surface area (Å²) in [5.41, 5.74) is 1.15. The van der Waals surface area contributed by atoms with Crippen LogP contribution in [0.1, 0.15) is 31.2 Å². The number of nitrogens with zero attached hydrogens (tertiary/aromatic N) is 1. The molecule has 3 nitrogen and oxygen atoms in total. The number of carbonyl (C=O) groups excluding carboxylic acids is 1. The average molecular weight is 308 g/mol. The van der Waals surface area contributed by atoms with Gasteiger partial charge in [-0.1, -0.05) is 18.2 Å². The minimum atomic E-state index is -0.0310. The van der Waals surface area contributed by atoms with Crippen molar-refractivity contribution in [3.05, 3.63) is 29.8 Å². The lowest BCUT2D eigenvalue weighted by atomic mass is 9.95. The van der Waals surface area contributed by atoms with Gasteiger partial charge in [0.2, 0.25) is 5.91 Å². The molecular formula is C17H22ClNO2. The predicted molar refractivity (Wildman–Crippen MR) is 83.8 cm³/mol. The summed E-state index contributed by atoms with van der Waals surface area (Å²) in [7, 11) is 0. The molecule has 2 aliphatic rings. The molecule has 2 aliphatic heterocycles. The lowest BCUT2D eigenvalue weighted by Crippen LogP contribution is -2.43. The van der Waals surface area contributed by atoms with Crippen molar-refractivity contribution in [3.8, 4) is 5.75 Å². The summed E-state index contributed by atoms with van der Waals surface area (Å²) < 4.78 is 5.76. The summed E-state index contributed by atoms with van der Waals surface area (Å²) in [4.78, 5) is 14.9. The van der Waals surface area contributed by atoms with Crippen LogP contribution in [0, 0.1) is 5.92 Å². The maximum absolute atomic E-state index is 12.8. The Balaban J connectivity index is 1.66. The number of carbonyl (C=O) groups is 1. The second-order valence-corrected chi connectivity index (χ2v) is 6.36. The molecule has 2 atom stereocenters. The van der Waals surface area contributed by atoms with Gasteiger partial charge in [-0.05, 0) is 43.7 Å². The number of fused-ring (bicyclic) bond motifs is 1. The van der Waals surface area contributed by atoms with Gasteiger partial charge in [-0.15, -0.1) is 11.6 Å². The number of amides is 1. The molecule has 1 saturated heterocycles. The first-order valence-electron chi connectivity index (χ1n) is 7.86. The number of alkyl halides is 1. The summed E-state index contributed by atoms with van der Waals surface area (Å²) >= 11 is 5.79. The first-order valence-corrected chi connectivity index (χ1v) is 8.40. The zero-order valence-electron chi connectivity index (χ0n) is 12.3. The monoisotopic (exact) mass is 307 g/mol. The highest BCUT2D eigenvalue weighted by Crippen LogP contribution is 2.30. The van der Waals surface area contributed by atoms with Crippen molar-refractivity contribution in [2.45, 2.75) is 38.1 Å². The number of hydrogen-bond donors (Lipinski definition) is 0. The van der Waals surface area contributed by atoms with Crippen LogP contribution in [0.4, 0.5) is 0 Å². The Morgan fingerprint density at radius 1 is 1.38 bits per heavy atom. The lowest BCUT2D eigenvalue weighted by Gasteiger charge is -2.31. The zero-order chi connectivity index (χ0) is 14.7. The van der Waals surface area contributed by atoms with E-state index in [1.807, 2.05) is 18.2 Å². The smallest absolute Gasteiger partial charge is 0.229 e. The van der Waals surface area contributed by atoms with Crippen LogP contribution in [0.3, 0.4) is 0 Å². The summed E-state index contributed by atoms with van der Waals surface area (Å²) in [5, 5.41) is 0. The van der Waals surface area contributed by atoms with E-state index < -0.39 is 0 Å². The number of para-hydroxylation sites is 1. The molecule has 0 radical (unpaired) electrons. The fraction of sp³-hybridized carbons (Fsp3) is 0.588. The van der Waals surface area contributed by atoms with Crippen molar-refractivity contribution >= 4 is 17.5 Å². The molecule has 0 aliphatic carbocycles. The highest BCUT2D eigenvalue weighted by atomic mass is 35.5. The molecule has 1 aromatic carbocycles. The van der Waals surface area contributed by atoms with Gasteiger partial charge >= 0.3 is 0 Å². The molecule has 1 amide bonds. The van der Waals surface area contributed by atoms with Crippen LogP contribution >= 0.6 is 11.6 Å². The predicted octanol–water partition coefficient (Wildman–Crippen LogP) is 3.25. The number of hydrogen-bond acceptors (Lipinski definition) is 2. The minimum absolute atomic E-state index is 0.0310. The van der Waals surface area contributed by atoms with Gasteiger partial charge in [0.25, 0.3) is 0 Å². The Hall–Kier alpha value is -1.22. The summed E-state index contributed by atoms with van der Waals surface area (Å²) in [6, 6.07) is 8.41. The van der Waals surface area contributed by atoms with Crippen molar-refractivity contribution in [3.63, 3.8) is 0 Å². The average Bonchev–Trinajstić information content (AvgIpc) is 3.00. The maximum Gasteiger partial charge on any atom is 0.229 e. The number of halogens is 1. The van der Waals surface area contributed by atoms with E-state index in [0.717, 1.165) is 50.0 Å². The van der Waals surface area contributed by atoms with Gasteiger partial charge in [-0.3, -0.25) is 4.79 Å². The zero-order valence-corrected chi connectivity index (χ0v) is 13.0. The maximum atomic E-state index is 12.8. The molecule has 0 N–H and O–H groups in total. The third-order valence-corrected chi connectivity index (χ3v) is 4.83. The fourth-order valence-electron chi connectivity index (χ4n) is 3.46. The van der Waals surface area contributed by atoms with E-state index in [0.29, 0.717) is 18.5 Å². The third kappa shape index (κ3) is 3.18. The Bertz CT molecular complexity index is 505. The molecule has 21 heavy (non-hydrogen) atoms. The van der Waals surface area contributed by atoms with Gasteiger partial charge in [0.05, 0.1) is 5.92 Å². The third-order valence-electron chi connectivity index (χ3n) is 4.56. The Morgan fingerprint density at radius 2 is 2.24 bits per heavy atom. The Labute approximate surface area is 131 Å². The quantitative estimate of drug-likeness (QED) is 0.799. The SMILES string of the molecule is O=C(C1COc2ccccc2C1)N1CCCC1CCCCl. The molecule has 0 spiro atoms. The van der Waals surface area contributed by atoms with E-state index in [9.17, 15) is 4.79 Å². The van der Waals surface area contributed by atoms with Crippen molar-refractivity contribution in [1.29, 1.82) is 0 Å². The van der Waals surface area contributed by atoms with Gasteiger partial charge < -0.3 is 9.64 Å². The molecule has 0 aromatic heterocycles. The lowest BCUT2D eigenvalue weighted by molar-refractivity contribution is -0.137. The van der Waals surface area contributed by atoms with Gasteiger partial charge in [-0.2, -0.15) is 0 Å². The van der Waals surface area contributed by atoms with Crippen LogP contribution in [0.5, 0.6) is 5.75 Å². The van der Waals surface area contributed by atoms with Crippen LogP contribution < -0.4 is 4.74 Å². The highest BCUT2D eigenvalue weighted by Gasteiger charge is 2.34. The largest absolute Gasteiger partial charge is 0.492 e. The number of rotatable bonds is 4. The molecule has 0 bridgehead atoms. The van der Waals surface area contributed by atoms with Crippen LogP contribution in [0.15, 0.2) is 24.3 Å². The molecular weight excluding hydrogens is 286 g/mol. The molecule has 114 valence electrons. The topological polar surface area (TPSA) is 29.5 Å². The summed E-state index contributed by atoms with van der Waals surface area (Å²) in [6.45, 7) is 1.40. The van der Waals surface area contributed by atoms with Gasteiger partial charge in [0.15, 0.2) is 0 Å². The first kappa shape index (κ1) is 14.7. The standard InChI is InChI=1S/C17H22ClNO2/c18-9-3-6-15-7-4-10-19(15)17(20)14-11-13-5-1-2-8-16(13)21-12-14/h1-2,5,8,14-15H,3-4,6-7,9-12H2. The van der Waals surface area contributed by atoms with Gasteiger partial charge in [-0.25, -0.2) is 0 Å². The number of likely N-dealkylation sites (tertiary alicyclic amines) is 1. The van der Waals surface area contributed by atoms with E-state index in [4.69, 9.17) is 16.3 Å². The highest BCUT2D eigenvalue weighted by molar-refractivity contribution is 6.17. The fourth-order valence-corrected chi connectivity index (χ4v) is 3.61. The number of benzene rings is 1. The van der Waals surface area contributed by atoms with Crippen molar-refractivity contribution < 1.29 is 9.53 Å². The summed E-state index contributed by atoms with van der Waals surface area (Å²) in [5.74, 6) is 1.85. The molecule has 0 saturated carbocycles. The van der Waals surface area contributed by atoms with Gasteiger partial charge in [0.1, 0.15) is 12.4 Å². The van der Waals surface area contributed by atoms with Crippen LogP contribution in [0.2, 0.25) is 0 Å². The van der Waals surface area contributed by atoms with Crippen LogP contribution in [-0.4, -0.2) is 35.9 Å². The molecule has 2 heterocycles. The molecule has 4 heteroatoms. The molecule has 3 rings (SSSR count). The van der Waals surface area contributed by atoms with Crippen LogP contribution in [0.25, 0.3) is 0 Å². The Kier molecular flexibility index (Phi) is 4.69. The van der Waals surface area contributed by atoms with Crippen molar-refractivity contribution in [2.24, 2.45) is 5.92 Å². The molecule has 2 unspecified atom stereocenters. The van der Waals surface area contributed by atoms with E-state index in [1.54, 1.807) is 0 Å². The first-order chi connectivity index (χ1) is 10.3. The van der Waals surface area contributed by atoms with Crippen LogP contribution in [-0.2, 0) is 11.2 Å². The Morgan fingerprint density at radius 3 is 3.10 bits per heavy atom. The van der Waals surface area contributed by atoms with Crippen molar-refractivity contribution in [1.82, 2.24) is 4.90 Å². The normalized spacial score (nSPS) is 24.5. The van der Waals surface area contributed by atoms with Gasteiger partial charge in [0, 0.05) is 18.5 Å². The summed E-state index contributed by atoms with van der Waals surface area (Å²) in [6.07, 6.45) is 5.04. The van der Waals surface area contributed by atoms with E-state index in [-0.39, 0.29) is 11.8 Å². The number of ether oxygens (including phenoxy) is 1. The second kappa shape index (κ2) is 6.69. The van der Waals surface area contributed by atoms with E-state index in [1.165, 1.54) is 0 Å². The van der Waals surface area contributed by atoms with Crippen molar-refractivity contribution in [2.75, 3.05) is 19.0 Å². The molecule has 1 fully saturated rings. The van der Waals surface area contributed by atoms with E-state index >= 15 is 0 Å². The molecule has 1 aromatic rings.